The van der Waals surface area contributed by atoms with Gasteiger partial charge in [-0.25, -0.2) is 0 Å². The van der Waals surface area contributed by atoms with E-state index in [4.69, 9.17) is 23.0 Å². The maximum atomic E-state index is 10.4. The lowest BCUT2D eigenvalue weighted by Crippen LogP contribution is -2.34. The molecule has 0 amide bonds. The summed E-state index contributed by atoms with van der Waals surface area (Å²) >= 11 is 0. The number of rotatable bonds is 10. The number of hydrogen-bond donors (Lipinski definition) is 1. The van der Waals surface area contributed by atoms with Crippen molar-refractivity contribution in [1.29, 1.82) is 0 Å². The first-order valence-electron chi connectivity index (χ1n) is 9.18. The van der Waals surface area contributed by atoms with Crippen LogP contribution in [0.5, 0.6) is 11.5 Å². The highest BCUT2D eigenvalue weighted by Gasteiger charge is 2.16. The molecule has 1 aromatic carbocycles. The lowest BCUT2D eigenvalue weighted by molar-refractivity contribution is 0.00508. The second kappa shape index (κ2) is 8.97. The standard InChI is InChI=1S/C21H23NO6/c23-17(14-24-13-16-5-6-20-21(9-16)28-15-27-20)10-22(11-18-3-1-7-25-18)12-19-4-2-8-26-19/h1-9,17,23H,10-15H2/t17-/m0/s1. The van der Waals surface area contributed by atoms with Crippen molar-refractivity contribution in [3.63, 3.8) is 0 Å². The van der Waals surface area contributed by atoms with Gasteiger partial charge in [-0.2, -0.15) is 0 Å². The summed E-state index contributed by atoms with van der Waals surface area (Å²) in [6.07, 6.45) is 2.65. The molecule has 0 fully saturated rings. The smallest absolute Gasteiger partial charge is 0.231 e. The van der Waals surface area contributed by atoms with Gasteiger partial charge in [0.25, 0.3) is 0 Å². The van der Waals surface area contributed by atoms with Crippen LogP contribution in [0.3, 0.4) is 0 Å². The highest BCUT2D eigenvalue weighted by atomic mass is 16.7. The van der Waals surface area contributed by atoms with E-state index in [2.05, 4.69) is 4.90 Å². The zero-order valence-electron chi connectivity index (χ0n) is 15.5. The van der Waals surface area contributed by atoms with Gasteiger partial charge in [0.05, 0.1) is 44.9 Å². The fourth-order valence-corrected chi connectivity index (χ4v) is 3.13. The van der Waals surface area contributed by atoms with Crippen LogP contribution in [0.15, 0.2) is 63.8 Å². The van der Waals surface area contributed by atoms with Crippen molar-refractivity contribution in [2.45, 2.75) is 25.8 Å². The molecule has 0 spiro atoms. The number of nitrogens with zero attached hydrogens (tertiary/aromatic N) is 1. The van der Waals surface area contributed by atoms with Gasteiger partial charge in [-0.15, -0.1) is 0 Å². The average molecular weight is 385 g/mol. The SMILES string of the molecule is O[C@H](COCc1ccc2c(c1)OCO2)CN(Cc1ccco1)Cc1ccco1. The van der Waals surface area contributed by atoms with Gasteiger partial charge >= 0.3 is 0 Å². The first-order chi connectivity index (χ1) is 13.8. The van der Waals surface area contributed by atoms with Crippen molar-refractivity contribution in [3.05, 3.63) is 72.1 Å². The monoisotopic (exact) mass is 385 g/mol. The molecule has 3 aromatic rings. The molecule has 0 aliphatic carbocycles. The second-order valence-corrected chi connectivity index (χ2v) is 6.68. The lowest BCUT2D eigenvalue weighted by Gasteiger charge is -2.23. The molecule has 0 saturated carbocycles. The number of fused-ring (bicyclic) bond motifs is 1. The molecule has 2 aromatic heterocycles. The van der Waals surface area contributed by atoms with E-state index in [1.54, 1.807) is 12.5 Å². The fraction of sp³-hybridized carbons (Fsp3) is 0.333. The number of ether oxygens (including phenoxy) is 3. The molecule has 1 N–H and O–H groups in total. The number of aliphatic hydroxyl groups is 1. The normalized spacial score (nSPS) is 13.9. The third-order valence-corrected chi connectivity index (χ3v) is 4.40. The van der Waals surface area contributed by atoms with Gasteiger partial charge in [-0.3, -0.25) is 4.90 Å². The summed E-state index contributed by atoms with van der Waals surface area (Å²) in [6.45, 7) is 2.45. The summed E-state index contributed by atoms with van der Waals surface area (Å²) in [5, 5.41) is 10.4. The predicted octanol–water partition coefficient (Wildman–Crippen LogP) is 3.18. The Hall–Kier alpha value is -2.74. The molecule has 7 nitrogen and oxygen atoms in total. The Morgan fingerprint density at radius 1 is 0.964 bits per heavy atom. The van der Waals surface area contributed by atoms with E-state index in [1.165, 1.54) is 0 Å². The van der Waals surface area contributed by atoms with E-state index < -0.39 is 6.10 Å². The minimum atomic E-state index is -0.640. The number of hydrogen-bond acceptors (Lipinski definition) is 7. The lowest BCUT2D eigenvalue weighted by atomic mass is 10.2. The topological polar surface area (TPSA) is 77.4 Å². The van der Waals surface area contributed by atoms with Crippen molar-refractivity contribution >= 4 is 0 Å². The third kappa shape index (κ3) is 4.95. The van der Waals surface area contributed by atoms with E-state index in [-0.39, 0.29) is 13.4 Å². The average Bonchev–Trinajstić information content (AvgIpc) is 3.44. The van der Waals surface area contributed by atoms with Crippen LogP contribution in [0.4, 0.5) is 0 Å². The minimum absolute atomic E-state index is 0.223. The summed E-state index contributed by atoms with van der Waals surface area (Å²) in [5.41, 5.74) is 0.972. The number of benzene rings is 1. The Kier molecular flexibility index (Phi) is 5.96. The molecule has 1 atom stereocenters. The zero-order valence-corrected chi connectivity index (χ0v) is 15.5. The van der Waals surface area contributed by atoms with Crippen LogP contribution >= 0.6 is 0 Å². The quantitative estimate of drug-likeness (QED) is 0.574. The molecular weight excluding hydrogens is 362 g/mol. The third-order valence-electron chi connectivity index (χ3n) is 4.40. The Bertz CT molecular complexity index is 810. The predicted molar refractivity (Wildman–Crippen MR) is 99.8 cm³/mol. The van der Waals surface area contributed by atoms with E-state index in [0.717, 1.165) is 28.6 Å². The maximum absolute atomic E-state index is 10.4. The molecule has 0 unspecified atom stereocenters. The minimum Gasteiger partial charge on any atom is -0.468 e. The van der Waals surface area contributed by atoms with Crippen LogP contribution in [-0.2, 0) is 24.4 Å². The van der Waals surface area contributed by atoms with Crippen LogP contribution in [0.2, 0.25) is 0 Å². The molecular formula is C21H23NO6. The zero-order chi connectivity index (χ0) is 19.2. The van der Waals surface area contributed by atoms with Gasteiger partial charge in [0.2, 0.25) is 6.79 Å². The number of aliphatic hydroxyl groups excluding tert-OH is 1. The van der Waals surface area contributed by atoms with Gasteiger partial charge in [-0.05, 0) is 42.0 Å². The maximum Gasteiger partial charge on any atom is 0.231 e. The van der Waals surface area contributed by atoms with Crippen LogP contribution in [-0.4, -0.2) is 36.1 Å². The molecule has 28 heavy (non-hydrogen) atoms. The molecule has 7 heteroatoms. The molecule has 1 aliphatic rings. The van der Waals surface area contributed by atoms with Gasteiger partial charge in [-0.1, -0.05) is 6.07 Å². The van der Waals surface area contributed by atoms with Crippen molar-refractivity contribution in [2.75, 3.05) is 19.9 Å². The highest BCUT2D eigenvalue weighted by Crippen LogP contribution is 2.32. The summed E-state index contributed by atoms with van der Waals surface area (Å²) in [5.74, 6) is 3.14. The molecule has 3 heterocycles. The summed E-state index contributed by atoms with van der Waals surface area (Å²) in [6, 6.07) is 13.2. The first kappa shape index (κ1) is 18.6. The first-order valence-corrected chi connectivity index (χ1v) is 9.18. The van der Waals surface area contributed by atoms with Crippen molar-refractivity contribution in [3.8, 4) is 11.5 Å². The molecule has 0 bridgehead atoms. The molecule has 4 rings (SSSR count). The summed E-state index contributed by atoms with van der Waals surface area (Å²) in [7, 11) is 0. The molecule has 0 saturated heterocycles. The van der Waals surface area contributed by atoms with E-state index >= 15 is 0 Å². The van der Waals surface area contributed by atoms with Gasteiger partial charge in [0, 0.05) is 6.54 Å². The number of furan rings is 2. The van der Waals surface area contributed by atoms with Gasteiger partial charge < -0.3 is 28.2 Å². The fourth-order valence-electron chi connectivity index (χ4n) is 3.13. The Balaban J connectivity index is 1.27. The summed E-state index contributed by atoms with van der Waals surface area (Å²) in [4.78, 5) is 2.06. The van der Waals surface area contributed by atoms with Crippen LogP contribution in [0.25, 0.3) is 0 Å². The van der Waals surface area contributed by atoms with Crippen LogP contribution < -0.4 is 9.47 Å². The van der Waals surface area contributed by atoms with Gasteiger partial charge in [0.1, 0.15) is 11.5 Å². The molecule has 0 radical (unpaired) electrons. The Morgan fingerprint density at radius 3 is 2.36 bits per heavy atom. The van der Waals surface area contributed by atoms with Gasteiger partial charge in [0.15, 0.2) is 11.5 Å². The van der Waals surface area contributed by atoms with E-state index in [9.17, 15) is 5.11 Å². The Morgan fingerprint density at radius 2 is 1.68 bits per heavy atom. The second-order valence-electron chi connectivity index (χ2n) is 6.68. The largest absolute Gasteiger partial charge is 0.468 e. The van der Waals surface area contributed by atoms with Crippen LogP contribution in [0.1, 0.15) is 17.1 Å². The highest BCUT2D eigenvalue weighted by molar-refractivity contribution is 5.44. The Labute approximate surface area is 163 Å². The summed E-state index contributed by atoms with van der Waals surface area (Å²) < 4.78 is 27.2. The van der Waals surface area contributed by atoms with E-state index in [0.29, 0.717) is 26.2 Å². The van der Waals surface area contributed by atoms with E-state index in [1.807, 2.05) is 42.5 Å². The van der Waals surface area contributed by atoms with Crippen molar-refractivity contribution in [1.82, 2.24) is 4.90 Å². The van der Waals surface area contributed by atoms with Crippen LogP contribution in [0, 0.1) is 0 Å². The molecule has 1 aliphatic heterocycles. The van der Waals surface area contributed by atoms with Crippen molar-refractivity contribution < 1.29 is 28.2 Å². The van der Waals surface area contributed by atoms with Crippen molar-refractivity contribution in [2.24, 2.45) is 0 Å². The molecule has 148 valence electrons.